The molecule has 3 aliphatic carbocycles. The number of aromatic hydroxyl groups is 1. The fourth-order valence-corrected chi connectivity index (χ4v) is 7.07. The maximum atomic E-state index is 13.9. The summed E-state index contributed by atoms with van der Waals surface area (Å²) in [6.07, 6.45) is 2.04. The topological polar surface area (TPSA) is 170 Å². The number of ketones is 4. The van der Waals surface area contributed by atoms with Crippen LogP contribution in [0, 0.1) is 23.7 Å². The summed E-state index contributed by atoms with van der Waals surface area (Å²) in [5.74, 6) is -10.3. The van der Waals surface area contributed by atoms with E-state index >= 15 is 0 Å². The zero-order chi connectivity index (χ0) is 27.7. The third kappa shape index (κ3) is 3.78. The number of benzene rings is 1. The Morgan fingerprint density at radius 3 is 2.39 bits per heavy atom. The highest BCUT2D eigenvalue weighted by atomic mass is 16.3. The average Bonchev–Trinajstić information content (AvgIpc) is 2.84. The van der Waals surface area contributed by atoms with Gasteiger partial charge in [0.05, 0.1) is 23.2 Å². The SMILES string of the molecule is CN1CCC(Nc2ccc3c(c2O)C(=O)C2C(=O)[C@]4(O)C(=O)C(C(N)=O)C(=O)[C@@H](N(C)C)[C@@H]4C[C@@H]2C3)CC1. The van der Waals surface area contributed by atoms with Crippen molar-refractivity contribution in [3.05, 3.63) is 23.3 Å². The molecular formula is C27H34N4O7. The number of hydrogen-bond acceptors (Lipinski definition) is 10. The normalized spacial score (nSPS) is 34.1. The zero-order valence-corrected chi connectivity index (χ0v) is 21.8. The summed E-state index contributed by atoms with van der Waals surface area (Å²) in [5, 5.41) is 26.1. The van der Waals surface area contributed by atoms with Gasteiger partial charge in [0.2, 0.25) is 5.91 Å². The van der Waals surface area contributed by atoms with Crippen molar-refractivity contribution >= 4 is 34.7 Å². The fourth-order valence-electron chi connectivity index (χ4n) is 7.07. The van der Waals surface area contributed by atoms with Crippen LogP contribution in [0.3, 0.4) is 0 Å². The second kappa shape index (κ2) is 9.25. The highest BCUT2D eigenvalue weighted by Gasteiger charge is 2.69. The van der Waals surface area contributed by atoms with E-state index in [0.717, 1.165) is 25.9 Å². The Bertz CT molecular complexity index is 1240. The molecule has 1 aliphatic heterocycles. The summed E-state index contributed by atoms with van der Waals surface area (Å²) in [7, 11) is 5.16. The van der Waals surface area contributed by atoms with Gasteiger partial charge in [-0.2, -0.15) is 0 Å². The molecule has 0 aromatic heterocycles. The van der Waals surface area contributed by atoms with E-state index in [1.54, 1.807) is 26.2 Å². The number of nitrogens with one attached hydrogen (secondary N) is 1. The summed E-state index contributed by atoms with van der Waals surface area (Å²) < 4.78 is 0. The van der Waals surface area contributed by atoms with Gasteiger partial charge in [0.25, 0.3) is 0 Å². The summed E-state index contributed by atoms with van der Waals surface area (Å²) in [5.41, 5.74) is 3.61. The highest BCUT2D eigenvalue weighted by Crippen LogP contribution is 2.51. The number of likely N-dealkylation sites (N-methyl/N-ethyl adjacent to an activating group) is 1. The van der Waals surface area contributed by atoms with Crippen molar-refractivity contribution < 1.29 is 34.2 Å². The van der Waals surface area contributed by atoms with Crippen LogP contribution in [0.4, 0.5) is 5.69 Å². The van der Waals surface area contributed by atoms with E-state index < -0.39 is 64.4 Å². The molecule has 1 saturated heterocycles. The highest BCUT2D eigenvalue weighted by molar-refractivity contribution is 6.32. The van der Waals surface area contributed by atoms with Gasteiger partial charge in [-0.25, -0.2) is 0 Å². The molecule has 5 rings (SSSR count). The van der Waals surface area contributed by atoms with Gasteiger partial charge in [-0.05, 0) is 77.5 Å². The molecule has 6 atom stereocenters. The minimum absolute atomic E-state index is 0.00882. The van der Waals surface area contributed by atoms with Crippen LogP contribution in [0.15, 0.2) is 12.1 Å². The van der Waals surface area contributed by atoms with Gasteiger partial charge in [0.1, 0.15) is 5.75 Å². The van der Waals surface area contributed by atoms with Crippen molar-refractivity contribution in [2.75, 3.05) is 39.5 Å². The van der Waals surface area contributed by atoms with Gasteiger partial charge < -0.3 is 26.2 Å². The first kappa shape index (κ1) is 26.5. The molecule has 11 heteroatoms. The molecule has 0 radical (unpaired) electrons. The summed E-state index contributed by atoms with van der Waals surface area (Å²) in [6.45, 7) is 1.80. The number of carbonyl (C=O) groups is 5. The van der Waals surface area contributed by atoms with Gasteiger partial charge in [0.15, 0.2) is 34.7 Å². The largest absolute Gasteiger partial charge is 0.505 e. The van der Waals surface area contributed by atoms with Gasteiger partial charge in [-0.1, -0.05) is 6.07 Å². The number of aliphatic hydroxyl groups is 1. The van der Waals surface area contributed by atoms with Crippen LogP contribution in [0.5, 0.6) is 5.75 Å². The summed E-state index contributed by atoms with van der Waals surface area (Å²) >= 11 is 0. The molecule has 0 bridgehead atoms. The number of phenols is 1. The van der Waals surface area contributed by atoms with Crippen LogP contribution < -0.4 is 11.1 Å². The third-order valence-electron chi connectivity index (χ3n) is 9.01. The van der Waals surface area contributed by atoms with E-state index in [0.29, 0.717) is 11.3 Å². The Kier molecular flexibility index (Phi) is 6.44. The van der Waals surface area contributed by atoms with Crippen LogP contribution in [-0.2, 0) is 25.6 Å². The third-order valence-corrected chi connectivity index (χ3v) is 9.01. The van der Waals surface area contributed by atoms with Crippen molar-refractivity contribution in [3.63, 3.8) is 0 Å². The molecule has 3 fully saturated rings. The number of rotatable bonds is 4. The van der Waals surface area contributed by atoms with E-state index in [-0.39, 0.29) is 30.2 Å². The average molecular weight is 527 g/mol. The number of nitrogens with two attached hydrogens (primary N) is 1. The number of phenolic OH excluding ortho intramolecular Hbond substituents is 1. The predicted molar refractivity (Wildman–Crippen MR) is 136 cm³/mol. The Morgan fingerprint density at radius 1 is 1.13 bits per heavy atom. The minimum Gasteiger partial charge on any atom is -0.505 e. The lowest BCUT2D eigenvalue weighted by Crippen LogP contribution is -2.74. The Balaban J connectivity index is 1.52. The van der Waals surface area contributed by atoms with Crippen molar-refractivity contribution in [1.82, 2.24) is 9.80 Å². The second-order valence-electron chi connectivity index (χ2n) is 11.5. The van der Waals surface area contributed by atoms with Crippen LogP contribution in [0.25, 0.3) is 0 Å². The first-order valence-electron chi connectivity index (χ1n) is 13.0. The molecule has 204 valence electrons. The lowest BCUT2D eigenvalue weighted by Gasteiger charge is -2.52. The van der Waals surface area contributed by atoms with E-state index in [1.165, 1.54) is 4.90 Å². The molecule has 0 spiro atoms. The summed E-state index contributed by atoms with van der Waals surface area (Å²) in [6, 6.07) is 2.50. The van der Waals surface area contributed by atoms with Crippen LogP contribution in [0.1, 0.15) is 35.2 Å². The maximum Gasteiger partial charge on any atom is 0.235 e. The minimum atomic E-state index is -2.71. The number of likely N-dealkylation sites (tertiary alicyclic amines) is 1. The summed E-state index contributed by atoms with van der Waals surface area (Å²) in [4.78, 5) is 69.8. The predicted octanol–water partition coefficient (Wildman–Crippen LogP) is -0.627. The Labute approximate surface area is 220 Å². The molecule has 38 heavy (non-hydrogen) atoms. The molecule has 1 aromatic rings. The first-order valence-corrected chi connectivity index (χ1v) is 13.0. The van der Waals surface area contributed by atoms with Crippen molar-refractivity contribution in [2.45, 2.75) is 43.4 Å². The Morgan fingerprint density at radius 2 is 1.79 bits per heavy atom. The van der Waals surface area contributed by atoms with Gasteiger partial charge >= 0.3 is 0 Å². The number of primary amides is 1. The van der Waals surface area contributed by atoms with E-state index in [1.807, 2.05) is 7.05 Å². The second-order valence-corrected chi connectivity index (χ2v) is 11.5. The number of anilines is 1. The van der Waals surface area contributed by atoms with Gasteiger partial charge in [-0.15, -0.1) is 0 Å². The standard InChI is InChI=1S/C27H34N4O7/c1-30(2)20-15-11-13-10-12-4-5-16(29-14-6-8-31(3)9-7-14)21(32)17(12)22(33)18(13)24(35)27(15,38)25(36)19(23(20)34)26(28)37/h4-5,13-15,18-20,29,32,38H,6-11H2,1-3H3,(H2,28,37)/t13-,15-,18?,19?,20-,27-/m0/s1. The monoisotopic (exact) mass is 526 g/mol. The molecule has 2 saturated carbocycles. The maximum absolute atomic E-state index is 13.9. The van der Waals surface area contributed by atoms with E-state index in [4.69, 9.17) is 5.73 Å². The molecule has 1 aromatic carbocycles. The number of piperidine rings is 1. The quantitative estimate of drug-likeness (QED) is 0.293. The molecule has 1 amide bonds. The lowest BCUT2D eigenvalue weighted by atomic mass is 9.52. The number of fused-ring (bicyclic) bond motifs is 3. The number of carbonyl (C=O) groups excluding carboxylic acids is 5. The van der Waals surface area contributed by atoms with Crippen LogP contribution >= 0.6 is 0 Å². The smallest absolute Gasteiger partial charge is 0.235 e. The van der Waals surface area contributed by atoms with Crippen LogP contribution in [0.2, 0.25) is 0 Å². The van der Waals surface area contributed by atoms with Gasteiger partial charge in [-0.3, -0.25) is 28.9 Å². The molecular weight excluding hydrogens is 492 g/mol. The number of hydrogen-bond donors (Lipinski definition) is 4. The van der Waals surface area contributed by atoms with E-state index in [2.05, 4.69) is 10.2 Å². The lowest BCUT2D eigenvalue weighted by molar-refractivity contribution is -0.181. The van der Waals surface area contributed by atoms with Crippen molar-refractivity contribution in [1.29, 1.82) is 0 Å². The number of amides is 1. The molecule has 11 nitrogen and oxygen atoms in total. The van der Waals surface area contributed by atoms with E-state index in [9.17, 15) is 34.2 Å². The number of nitrogens with zero attached hydrogens (tertiary/aromatic N) is 2. The molecule has 1 heterocycles. The molecule has 5 N–H and O–H groups in total. The van der Waals surface area contributed by atoms with Crippen molar-refractivity contribution in [3.8, 4) is 5.75 Å². The van der Waals surface area contributed by atoms with Gasteiger partial charge in [0, 0.05) is 12.0 Å². The van der Waals surface area contributed by atoms with Crippen molar-refractivity contribution in [2.24, 2.45) is 29.4 Å². The van der Waals surface area contributed by atoms with Crippen LogP contribution in [-0.4, -0.2) is 101 Å². The Hall–Kier alpha value is -3.15. The zero-order valence-electron chi connectivity index (χ0n) is 21.8. The fraction of sp³-hybridized carbons (Fsp3) is 0.593. The first-order chi connectivity index (χ1) is 17.9. The number of Topliss-reactive ketones (excluding diaryl/α,β-unsaturated/α-hetero) is 4. The molecule has 4 aliphatic rings. The molecule has 2 unspecified atom stereocenters.